The Morgan fingerprint density at radius 2 is 2.33 bits per heavy atom. The van der Waals surface area contributed by atoms with Gasteiger partial charge in [0.25, 0.3) is 5.91 Å². The van der Waals surface area contributed by atoms with E-state index < -0.39 is 13.0 Å². The van der Waals surface area contributed by atoms with Crippen molar-refractivity contribution in [3.05, 3.63) is 28.3 Å². The SMILES string of the molecule is CN(C)C=NC(=O)c1cc2c(cc1Cl)COB2O. The highest BCUT2D eigenvalue weighted by Gasteiger charge is 2.29. The van der Waals surface area contributed by atoms with E-state index in [1.165, 1.54) is 12.4 Å². The first kappa shape index (κ1) is 13.1. The van der Waals surface area contributed by atoms with Crippen LogP contribution in [0.15, 0.2) is 17.1 Å². The van der Waals surface area contributed by atoms with Gasteiger partial charge in [0.2, 0.25) is 0 Å². The molecule has 1 N–H and O–H groups in total. The first-order valence-electron chi connectivity index (χ1n) is 5.36. The van der Waals surface area contributed by atoms with Crippen molar-refractivity contribution in [2.24, 2.45) is 4.99 Å². The standard InChI is InChI=1S/C11H12BClN2O3/c1-15(2)6-14-11(16)8-4-9-7(3-10(8)13)5-18-12(9)17/h3-4,6,17H,5H2,1-2H3. The summed E-state index contributed by atoms with van der Waals surface area (Å²) in [6.45, 7) is 0.297. The lowest BCUT2D eigenvalue weighted by molar-refractivity contribution is 0.100. The molecule has 18 heavy (non-hydrogen) atoms. The Kier molecular flexibility index (Phi) is 3.70. The van der Waals surface area contributed by atoms with Crippen LogP contribution in [-0.2, 0) is 11.3 Å². The quantitative estimate of drug-likeness (QED) is 0.475. The molecule has 1 aliphatic heterocycles. The molecule has 0 bridgehead atoms. The number of hydrogen-bond acceptors (Lipinski definition) is 3. The summed E-state index contributed by atoms with van der Waals surface area (Å²) in [4.78, 5) is 17.3. The first-order valence-corrected chi connectivity index (χ1v) is 5.74. The van der Waals surface area contributed by atoms with Crippen LogP contribution >= 0.6 is 11.6 Å². The predicted octanol–water partition coefficient (Wildman–Crippen LogP) is 0.288. The number of rotatable bonds is 2. The van der Waals surface area contributed by atoms with E-state index in [1.807, 2.05) is 0 Å². The van der Waals surface area contributed by atoms with Crippen molar-refractivity contribution in [2.45, 2.75) is 6.61 Å². The maximum absolute atomic E-state index is 11.8. The second-order valence-corrected chi connectivity index (χ2v) is 4.61. The van der Waals surface area contributed by atoms with Gasteiger partial charge in [0.1, 0.15) is 0 Å². The fourth-order valence-corrected chi connectivity index (χ4v) is 1.91. The Morgan fingerprint density at radius 3 is 3.00 bits per heavy atom. The first-order chi connectivity index (χ1) is 8.49. The largest absolute Gasteiger partial charge is 0.491 e. The number of benzene rings is 1. The van der Waals surface area contributed by atoms with Crippen molar-refractivity contribution in [2.75, 3.05) is 14.1 Å². The van der Waals surface area contributed by atoms with Crippen LogP contribution in [0.5, 0.6) is 0 Å². The molecule has 0 saturated heterocycles. The number of nitrogens with zero attached hydrogens (tertiary/aromatic N) is 2. The van der Waals surface area contributed by atoms with Crippen LogP contribution in [0, 0.1) is 0 Å². The van der Waals surface area contributed by atoms with E-state index in [1.54, 1.807) is 25.1 Å². The van der Waals surface area contributed by atoms with Gasteiger partial charge in [-0.15, -0.1) is 0 Å². The van der Waals surface area contributed by atoms with Crippen molar-refractivity contribution in [1.82, 2.24) is 4.90 Å². The van der Waals surface area contributed by atoms with Gasteiger partial charge in [0.15, 0.2) is 0 Å². The second-order valence-electron chi connectivity index (χ2n) is 4.21. The van der Waals surface area contributed by atoms with Crippen LogP contribution in [0.3, 0.4) is 0 Å². The lowest BCUT2D eigenvalue weighted by Crippen LogP contribution is -2.28. The molecule has 0 aromatic heterocycles. The third-order valence-corrected chi connectivity index (χ3v) is 2.84. The van der Waals surface area contributed by atoms with Gasteiger partial charge >= 0.3 is 7.12 Å². The van der Waals surface area contributed by atoms with Gasteiger partial charge in [-0.1, -0.05) is 11.6 Å². The molecule has 0 unspecified atom stereocenters. The van der Waals surface area contributed by atoms with Crippen LogP contribution < -0.4 is 5.46 Å². The Labute approximate surface area is 110 Å². The Bertz CT molecular complexity index is 519. The lowest BCUT2D eigenvalue weighted by Gasteiger charge is -2.05. The van der Waals surface area contributed by atoms with E-state index in [9.17, 15) is 9.82 Å². The van der Waals surface area contributed by atoms with Crippen molar-refractivity contribution < 1.29 is 14.5 Å². The number of fused-ring (bicyclic) bond motifs is 1. The third kappa shape index (κ3) is 2.55. The van der Waals surface area contributed by atoms with Crippen LogP contribution in [0.2, 0.25) is 5.02 Å². The van der Waals surface area contributed by atoms with E-state index in [2.05, 4.69) is 4.99 Å². The number of carbonyl (C=O) groups is 1. The predicted molar refractivity (Wildman–Crippen MR) is 70.4 cm³/mol. The summed E-state index contributed by atoms with van der Waals surface area (Å²) in [7, 11) is 2.53. The van der Waals surface area contributed by atoms with E-state index >= 15 is 0 Å². The molecule has 5 nitrogen and oxygen atoms in total. The van der Waals surface area contributed by atoms with Crippen LogP contribution in [0.25, 0.3) is 0 Å². The smallest absolute Gasteiger partial charge is 0.423 e. The molecule has 1 aliphatic rings. The van der Waals surface area contributed by atoms with Crippen molar-refractivity contribution in [3.8, 4) is 0 Å². The fourth-order valence-electron chi connectivity index (χ4n) is 1.65. The zero-order valence-electron chi connectivity index (χ0n) is 10.1. The number of carbonyl (C=O) groups excluding carboxylic acids is 1. The van der Waals surface area contributed by atoms with E-state index in [0.717, 1.165) is 5.56 Å². The minimum atomic E-state index is -0.998. The zero-order chi connectivity index (χ0) is 13.3. The van der Waals surface area contributed by atoms with Crippen LogP contribution in [-0.4, -0.2) is 43.4 Å². The van der Waals surface area contributed by atoms with Gasteiger partial charge in [-0.3, -0.25) is 4.79 Å². The lowest BCUT2D eigenvalue weighted by atomic mass is 9.78. The molecule has 0 aliphatic carbocycles. The van der Waals surface area contributed by atoms with Gasteiger partial charge < -0.3 is 14.6 Å². The molecule has 0 saturated carbocycles. The fraction of sp³-hybridized carbons (Fsp3) is 0.273. The molecule has 2 rings (SSSR count). The normalized spacial score (nSPS) is 14.1. The minimum absolute atomic E-state index is 0.262. The number of amides is 1. The van der Waals surface area contributed by atoms with Crippen molar-refractivity contribution in [3.63, 3.8) is 0 Å². The van der Waals surface area contributed by atoms with Gasteiger partial charge in [0, 0.05) is 14.1 Å². The highest BCUT2D eigenvalue weighted by Crippen LogP contribution is 2.21. The third-order valence-electron chi connectivity index (χ3n) is 2.53. The monoisotopic (exact) mass is 266 g/mol. The van der Waals surface area contributed by atoms with Gasteiger partial charge in [-0.05, 0) is 23.2 Å². The second kappa shape index (κ2) is 5.10. The average Bonchev–Trinajstić information content (AvgIpc) is 2.66. The molecule has 0 atom stereocenters. The maximum Gasteiger partial charge on any atom is 0.491 e. The number of halogens is 1. The summed E-state index contributed by atoms with van der Waals surface area (Å²) >= 11 is 6.02. The van der Waals surface area contributed by atoms with E-state index in [4.69, 9.17) is 16.3 Å². The van der Waals surface area contributed by atoms with Crippen LogP contribution in [0.4, 0.5) is 0 Å². The van der Waals surface area contributed by atoms with E-state index in [-0.39, 0.29) is 5.56 Å². The molecule has 94 valence electrons. The topological polar surface area (TPSA) is 62.1 Å². The molecule has 1 aromatic carbocycles. The van der Waals surface area contributed by atoms with E-state index in [0.29, 0.717) is 17.1 Å². The summed E-state index contributed by atoms with van der Waals surface area (Å²) in [5.74, 6) is -0.449. The molecule has 0 spiro atoms. The maximum atomic E-state index is 11.8. The molecule has 1 heterocycles. The Morgan fingerprint density at radius 1 is 1.61 bits per heavy atom. The van der Waals surface area contributed by atoms with Gasteiger partial charge in [-0.25, -0.2) is 0 Å². The highest BCUT2D eigenvalue weighted by atomic mass is 35.5. The molecule has 0 radical (unpaired) electrons. The molecule has 1 amide bonds. The zero-order valence-corrected chi connectivity index (χ0v) is 10.8. The van der Waals surface area contributed by atoms with Crippen molar-refractivity contribution in [1.29, 1.82) is 0 Å². The molecular formula is C11H12BClN2O3. The summed E-state index contributed by atoms with van der Waals surface area (Å²) in [5, 5.41) is 9.89. The average molecular weight is 266 g/mol. The summed E-state index contributed by atoms with van der Waals surface area (Å²) in [5.41, 5.74) is 1.63. The summed E-state index contributed by atoms with van der Waals surface area (Å²) < 4.78 is 5.05. The Balaban J connectivity index is 2.34. The summed E-state index contributed by atoms with van der Waals surface area (Å²) in [6, 6.07) is 3.16. The van der Waals surface area contributed by atoms with Crippen molar-refractivity contribution >= 4 is 36.4 Å². The highest BCUT2D eigenvalue weighted by molar-refractivity contribution is 6.61. The molecule has 0 fully saturated rings. The Hall–Kier alpha value is -1.37. The molecular weight excluding hydrogens is 254 g/mol. The number of hydrogen-bond donors (Lipinski definition) is 1. The minimum Gasteiger partial charge on any atom is -0.423 e. The summed E-state index contributed by atoms with van der Waals surface area (Å²) in [6.07, 6.45) is 1.40. The number of aliphatic imine (C=N–C) groups is 1. The van der Waals surface area contributed by atoms with Gasteiger partial charge in [0.05, 0.1) is 23.5 Å². The molecule has 7 heteroatoms. The molecule has 1 aromatic rings. The van der Waals surface area contributed by atoms with Gasteiger partial charge in [-0.2, -0.15) is 4.99 Å². The van der Waals surface area contributed by atoms with Crippen LogP contribution in [0.1, 0.15) is 15.9 Å².